The van der Waals surface area contributed by atoms with E-state index in [2.05, 4.69) is 38.1 Å². The molecule has 0 bridgehead atoms. The predicted octanol–water partition coefficient (Wildman–Crippen LogP) is 3.36. The molecular weight excluding hydrogens is 266 g/mol. The third-order valence-corrected chi connectivity index (χ3v) is 3.68. The molecule has 0 unspecified atom stereocenters. The lowest BCUT2D eigenvalue weighted by molar-refractivity contribution is 0.812. The first-order valence-electron chi connectivity index (χ1n) is 5.36. The van der Waals surface area contributed by atoms with E-state index in [9.17, 15) is 0 Å². The van der Waals surface area contributed by atoms with Crippen molar-refractivity contribution in [1.29, 1.82) is 0 Å². The molecule has 1 heterocycles. The van der Waals surface area contributed by atoms with Crippen molar-refractivity contribution in [1.82, 2.24) is 9.97 Å². The Morgan fingerprint density at radius 1 is 1.38 bits per heavy atom. The first-order valence-corrected chi connectivity index (χ1v) is 6.15. The van der Waals surface area contributed by atoms with Crippen molar-refractivity contribution in [3.8, 4) is 0 Å². The highest BCUT2D eigenvalue weighted by molar-refractivity contribution is 9.10. The standard InChI is InChI=1S/C12H12BrN3/c1-12(5-6-12)16-11-14-7-8-9(13)3-2-4-10(8)15-11/h2-4,7H,5-6H2,1H3,(H,14,15,16). The minimum Gasteiger partial charge on any atom is -0.349 e. The largest absolute Gasteiger partial charge is 0.349 e. The topological polar surface area (TPSA) is 37.8 Å². The summed E-state index contributed by atoms with van der Waals surface area (Å²) in [7, 11) is 0. The van der Waals surface area contributed by atoms with Crippen LogP contribution in [0, 0.1) is 0 Å². The molecule has 0 spiro atoms. The molecule has 3 nitrogen and oxygen atoms in total. The zero-order valence-electron chi connectivity index (χ0n) is 9.00. The van der Waals surface area contributed by atoms with Crippen LogP contribution in [0.5, 0.6) is 0 Å². The van der Waals surface area contributed by atoms with Gasteiger partial charge in [0.15, 0.2) is 0 Å². The second-order valence-electron chi connectivity index (χ2n) is 4.55. The summed E-state index contributed by atoms with van der Waals surface area (Å²) in [5.41, 5.74) is 1.19. The molecule has 3 rings (SSSR count). The first kappa shape index (κ1) is 10.0. The molecule has 1 saturated carbocycles. The molecule has 1 aromatic carbocycles. The quantitative estimate of drug-likeness (QED) is 0.915. The highest BCUT2D eigenvalue weighted by Gasteiger charge is 2.37. The van der Waals surface area contributed by atoms with Gasteiger partial charge in [0.1, 0.15) is 0 Å². The van der Waals surface area contributed by atoms with E-state index in [1.54, 1.807) is 0 Å². The summed E-state index contributed by atoms with van der Waals surface area (Å²) in [6, 6.07) is 5.99. The van der Waals surface area contributed by atoms with Gasteiger partial charge in [-0.05, 0) is 31.9 Å². The summed E-state index contributed by atoms with van der Waals surface area (Å²) in [5, 5.41) is 4.42. The Morgan fingerprint density at radius 2 is 2.19 bits per heavy atom. The zero-order chi connectivity index (χ0) is 11.2. The van der Waals surface area contributed by atoms with Gasteiger partial charge < -0.3 is 5.32 Å². The van der Waals surface area contributed by atoms with E-state index in [4.69, 9.17) is 0 Å². The van der Waals surface area contributed by atoms with Gasteiger partial charge in [0.25, 0.3) is 0 Å². The van der Waals surface area contributed by atoms with E-state index in [0.717, 1.165) is 21.3 Å². The van der Waals surface area contributed by atoms with Crippen LogP contribution in [0.3, 0.4) is 0 Å². The summed E-state index contributed by atoms with van der Waals surface area (Å²) in [5.74, 6) is 0.727. The summed E-state index contributed by atoms with van der Waals surface area (Å²) in [6.45, 7) is 2.20. The number of halogens is 1. The maximum atomic E-state index is 4.51. The number of nitrogens with zero attached hydrogens (tertiary/aromatic N) is 2. The second kappa shape index (κ2) is 3.42. The molecule has 1 N–H and O–H groups in total. The molecule has 1 fully saturated rings. The fraction of sp³-hybridized carbons (Fsp3) is 0.333. The molecule has 0 aliphatic heterocycles. The van der Waals surface area contributed by atoms with E-state index in [1.807, 2.05) is 24.4 Å². The van der Waals surface area contributed by atoms with Crippen molar-refractivity contribution in [3.05, 3.63) is 28.9 Å². The Balaban J connectivity index is 2.02. The number of rotatable bonds is 2. The van der Waals surface area contributed by atoms with Gasteiger partial charge in [0, 0.05) is 21.6 Å². The number of aromatic nitrogens is 2. The number of nitrogens with one attached hydrogen (secondary N) is 1. The molecule has 0 radical (unpaired) electrons. The van der Waals surface area contributed by atoms with E-state index < -0.39 is 0 Å². The van der Waals surface area contributed by atoms with Gasteiger partial charge in [-0.15, -0.1) is 0 Å². The molecular formula is C12H12BrN3. The molecule has 16 heavy (non-hydrogen) atoms. The van der Waals surface area contributed by atoms with E-state index >= 15 is 0 Å². The fourth-order valence-electron chi connectivity index (χ4n) is 1.66. The predicted molar refractivity (Wildman–Crippen MR) is 68.5 cm³/mol. The van der Waals surface area contributed by atoms with Crippen molar-refractivity contribution >= 4 is 32.8 Å². The van der Waals surface area contributed by atoms with Crippen molar-refractivity contribution in [2.45, 2.75) is 25.3 Å². The smallest absolute Gasteiger partial charge is 0.223 e. The first-order chi connectivity index (χ1) is 7.66. The summed E-state index contributed by atoms with van der Waals surface area (Å²) in [4.78, 5) is 8.85. The van der Waals surface area contributed by atoms with Crippen LogP contribution >= 0.6 is 15.9 Å². The second-order valence-corrected chi connectivity index (χ2v) is 5.41. The van der Waals surface area contributed by atoms with Crippen LogP contribution in [0.1, 0.15) is 19.8 Å². The van der Waals surface area contributed by atoms with Crippen molar-refractivity contribution in [2.24, 2.45) is 0 Å². The highest BCUT2D eigenvalue weighted by atomic mass is 79.9. The number of hydrogen-bond donors (Lipinski definition) is 1. The Morgan fingerprint density at radius 3 is 2.94 bits per heavy atom. The molecule has 1 aliphatic carbocycles. The van der Waals surface area contributed by atoms with Crippen LogP contribution in [-0.4, -0.2) is 15.5 Å². The molecule has 82 valence electrons. The zero-order valence-corrected chi connectivity index (χ0v) is 10.6. The maximum Gasteiger partial charge on any atom is 0.223 e. The SMILES string of the molecule is CC1(Nc2ncc3c(Br)cccc3n2)CC1. The summed E-state index contributed by atoms with van der Waals surface area (Å²) < 4.78 is 1.04. The number of benzene rings is 1. The van der Waals surface area contributed by atoms with E-state index in [1.165, 1.54) is 12.8 Å². The lowest BCUT2D eigenvalue weighted by Gasteiger charge is -2.11. The van der Waals surface area contributed by atoms with Gasteiger partial charge >= 0.3 is 0 Å². The fourth-order valence-corrected chi connectivity index (χ4v) is 2.12. The van der Waals surface area contributed by atoms with Crippen molar-refractivity contribution < 1.29 is 0 Å². The van der Waals surface area contributed by atoms with E-state index in [0.29, 0.717) is 0 Å². The number of hydrogen-bond acceptors (Lipinski definition) is 3. The van der Waals surface area contributed by atoms with Crippen LogP contribution in [0.25, 0.3) is 10.9 Å². The normalized spacial score (nSPS) is 17.4. The third kappa shape index (κ3) is 1.78. The van der Waals surface area contributed by atoms with Crippen molar-refractivity contribution in [3.63, 3.8) is 0 Å². The lowest BCUT2D eigenvalue weighted by Crippen LogP contribution is -2.17. The van der Waals surface area contributed by atoms with Gasteiger partial charge in [-0.3, -0.25) is 0 Å². The number of anilines is 1. The minimum atomic E-state index is 0.222. The van der Waals surface area contributed by atoms with Crippen LogP contribution < -0.4 is 5.32 Å². The molecule has 2 aromatic rings. The van der Waals surface area contributed by atoms with Crippen LogP contribution in [0.2, 0.25) is 0 Å². The minimum absolute atomic E-state index is 0.222. The maximum absolute atomic E-state index is 4.51. The van der Waals surface area contributed by atoms with Gasteiger partial charge in [-0.25, -0.2) is 9.97 Å². The Hall–Kier alpha value is -1.16. The molecule has 0 atom stereocenters. The highest BCUT2D eigenvalue weighted by Crippen LogP contribution is 2.37. The van der Waals surface area contributed by atoms with E-state index in [-0.39, 0.29) is 5.54 Å². The molecule has 4 heteroatoms. The van der Waals surface area contributed by atoms with Crippen LogP contribution in [0.4, 0.5) is 5.95 Å². The van der Waals surface area contributed by atoms with Crippen molar-refractivity contribution in [2.75, 3.05) is 5.32 Å². The lowest BCUT2D eigenvalue weighted by atomic mass is 10.2. The number of fused-ring (bicyclic) bond motifs is 1. The Bertz CT molecular complexity index is 549. The van der Waals surface area contributed by atoms with Crippen LogP contribution in [-0.2, 0) is 0 Å². The summed E-state index contributed by atoms with van der Waals surface area (Å²) in [6.07, 6.45) is 4.26. The molecule has 1 aromatic heterocycles. The molecule has 1 aliphatic rings. The van der Waals surface area contributed by atoms with Crippen LogP contribution in [0.15, 0.2) is 28.9 Å². The molecule has 0 saturated heterocycles. The monoisotopic (exact) mass is 277 g/mol. The van der Waals surface area contributed by atoms with Gasteiger partial charge in [0.05, 0.1) is 5.52 Å². The average molecular weight is 278 g/mol. The van der Waals surface area contributed by atoms with Gasteiger partial charge in [-0.1, -0.05) is 22.0 Å². The third-order valence-electron chi connectivity index (χ3n) is 2.99. The van der Waals surface area contributed by atoms with Gasteiger partial charge in [-0.2, -0.15) is 0 Å². The summed E-state index contributed by atoms with van der Waals surface area (Å²) >= 11 is 3.49. The Labute approximate surface area is 102 Å². The van der Waals surface area contributed by atoms with Gasteiger partial charge in [0.2, 0.25) is 5.95 Å². The average Bonchev–Trinajstić information content (AvgIpc) is 2.96. The molecule has 0 amide bonds. The Kier molecular flexibility index (Phi) is 2.14.